The predicted molar refractivity (Wildman–Crippen MR) is 96.9 cm³/mol. The van der Waals surface area contributed by atoms with Crippen molar-refractivity contribution >= 4 is 17.4 Å². The number of aromatic nitrogens is 5. The van der Waals surface area contributed by atoms with Crippen molar-refractivity contribution in [2.24, 2.45) is 0 Å². The molecule has 4 aromatic rings. The highest BCUT2D eigenvalue weighted by Crippen LogP contribution is 2.18. The van der Waals surface area contributed by atoms with Crippen LogP contribution in [0.4, 0.5) is 5.82 Å². The van der Waals surface area contributed by atoms with E-state index in [9.17, 15) is 9.90 Å². The second-order valence-corrected chi connectivity index (χ2v) is 5.93. The zero-order valence-corrected chi connectivity index (χ0v) is 14.9. The van der Waals surface area contributed by atoms with Gasteiger partial charge in [0.25, 0.3) is 11.6 Å². The van der Waals surface area contributed by atoms with Crippen LogP contribution < -0.4 is 19.7 Å². The first-order valence-corrected chi connectivity index (χ1v) is 8.43. The molecule has 1 amide bonds. The van der Waals surface area contributed by atoms with Gasteiger partial charge in [-0.2, -0.15) is 9.38 Å². The van der Waals surface area contributed by atoms with Crippen molar-refractivity contribution in [3.63, 3.8) is 0 Å². The summed E-state index contributed by atoms with van der Waals surface area (Å²) in [6.45, 7) is 0.248. The number of hydrogen-bond acceptors (Lipinski definition) is 6. The summed E-state index contributed by atoms with van der Waals surface area (Å²) in [6, 6.07) is 10.3. The number of anilines is 1. The van der Waals surface area contributed by atoms with Gasteiger partial charge in [0.1, 0.15) is 24.6 Å². The Hall–Kier alpha value is -4.01. The second kappa shape index (κ2) is 7.31. The number of imidazole rings is 1. The van der Waals surface area contributed by atoms with Gasteiger partial charge in [-0.05, 0) is 12.1 Å². The number of hydrogen-bond donors (Lipinski definition) is 1. The minimum Gasteiger partial charge on any atom is -0.839 e. The molecule has 0 atom stereocenters. The molecule has 4 rings (SSSR count). The van der Waals surface area contributed by atoms with Crippen LogP contribution in [0.3, 0.4) is 0 Å². The molecular weight excluding hydrogens is 360 g/mol. The summed E-state index contributed by atoms with van der Waals surface area (Å²) in [7, 11) is 1.49. The largest absolute Gasteiger partial charge is 0.839 e. The Bertz CT molecular complexity index is 1140. The quantitative estimate of drug-likeness (QED) is 0.516. The molecule has 140 valence electrons. The number of ether oxygens (including phenoxy) is 1. The first kappa shape index (κ1) is 17.4. The molecule has 4 aromatic heterocycles. The van der Waals surface area contributed by atoms with Crippen LogP contribution in [0.1, 0.15) is 16.1 Å². The Balaban J connectivity index is 1.74. The Morgan fingerprint density at radius 3 is 2.82 bits per heavy atom. The molecule has 0 saturated carbocycles. The van der Waals surface area contributed by atoms with Crippen molar-refractivity contribution in [2.45, 2.75) is 6.54 Å². The van der Waals surface area contributed by atoms with Crippen molar-refractivity contribution in [3.05, 3.63) is 72.6 Å². The van der Waals surface area contributed by atoms with E-state index in [2.05, 4.69) is 20.3 Å². The fourth-order valence-corrected chi connectivity index (χ4v) is 2.91. The molecule has 0 spiro atoms. The normalized spacial score (nSPS) is 10.8. The van der Waals surface area contributed by atoms with Gasteiger partial charge in [-0.15, -0.1) is 0 Å². The standard InChI is InChI=1S/C19H16N6O3/c1-28-15-6-4-5-14(22-15)23-18(26)17-19(27)25(11-13-9-20-12-21-10-13)16-7-2-3-8-24(16)17/h2-10,12H,11H2,1H3,(H-,22,23,26,27). The van der Waals surface area contributed by atoms with E-state index in [1.807, 2.05) is 0 Å². The van der Waals surface area contributed by atoms with E-state index >= 15 is 0 Å². The van der Waals surface area contributed by atoms with Crippen molar-refractivity contribution in [3.8, 4) is 11.8 Å². The van der Waals surface area contributed by atoms with Gasteiger partial charge in [0, 0.05) is 30.1 Å². The molecule has 0 radical (unpaired) electrons. The zero-order chi connectivity index (χ0) is 19.5. The van der Waals surface area contributed by atoms with Gasteiger partial charge >= 0.3 is 0 Å². The number of pyridine rings is 2. The molecule has 28 heavy (non-hydrogen) atoms. The van der Waals surface area contributed by atoms with Gasteiger partial charge in [0.2, 0.25) is 11.6 Å². The van der Waals surface area contributed by atoms with E-state index < -0.39 is 11.8 Å². The molecule has 0 fully saturated rings. The van der Waals surface area contributed by atoms with Gasteiger partial charge in [0.15, 0.2) is 0 Å². The summed E-state index contributed by atoms with van der Waals surface area (Å²) in [4.78, 5) is 25.0. The zero-order valence-electron chi connectivity index (χ0n) is 14.9. The molecule has 0 aromatic carbocycles. The number of methoxy groups -OCH3 is 1. The summed E-state index contributed by atoms with van der Waals surface area (Å²) >= 11 is 0. The van der Waals surface area contributed by atoms with Gasteiger partial charge in [-0.3, -0.25) is 4.79 Å². The molecule has 0 unspecified atom stereocenters. The molecule has 1 N–H and O–H groups in total. The van der Waals surface area contributed by atoms with Crippen LogP contribution in [0.15, 0.2) is 61.3 Å². The summed E-state index contributed by atoms with van der Waals surface area (Å²) in [5, 5.41) is 15.7. The third-order valence-corrected chi connectivity index (χ3v) is 4.15. The van der Waals surface area contributed by atoms with Crippen LogP contribution in [0.25, 0.3) is 5.65 Å². The van der Waals surface area contributed by atoms with E-state index in [-0.39, 0.29) is 18.1 Å². The van der Waals surface area contributed by atoms with Gasteiger partial charge < -0.3 is 15.2 Å². The minimum absolute atomic E-state index is 0.0166. The van der Waals surface area contributed by atoms with Crippen molar-refractivity contribution in [1.82, 2.24) is 19.4 Å². The highest BCUT2D eigenvalue weighted by molar-refractivity contribution is 6.04. The fourth-order valence-electron chi connectivity index (χ4n) is 2.91. The van der Waals surface area contributed by atoms with Crippen LogP contribution in [0.5, 0.6) is 11.8 Å². The topological polar surface area (TPSA) is 108 Å². The number of carbonyl (C=O) groups excluding carboxylic acids is 1. The average Bonchev–Trinajstić information content (AvgIpc) is 3.00. The third kappa shape index (κ3) is 3.20. The maximum atomic E-state index is 13.0. The molecular formula is C19H16N6O3. The lowest BCUT2D eigenvalue weighted by Crippen LogP contribution is -2.37. The first-order chi connectivity index (χ1) is 13.7. The van der Waals surface area contributed by atoms with Crippen LogP contribution in [-0.2, 0) is 6.54 Å². The van der Waals surface area contributed by atoms with Crippen molar-refractivity contribution in [1.29, 1.82) is 0 Å². The molecule has 4 heterocycles. The average molecular weight is 376 g/mol. The summed E-state index contributed by atoms with van der Waals surface area (Å²) in [5.41, 5.74) is 1.32. The van der Waals surface area contributed by atoms with E-state index in [0.717, 1.165) is 5.56 Å². The monoisotopic (exact) mass is 376 g/mol. The highest BCUT2D eigenvalue weighted by atomic mass is 16.5. The lowest BCUT2D eigenvalue weighted by Gasteiger charge is -2.08. The minimum atomic E-state index is -0.560. The Morgan fingerprint density at radius 1 is 1.21 bits per heavy atom. The summed E-state index contributed by atoms with van der Waals surface area (Å²) in [5.74, 6) is -0.331. The number of amides is 1. The van der Waals surface area contributed by atoms with Crippen LogP contribution >= 0.6 is 0 Å². The highest BCUT2D eigenvalue weighted by Gasteiger charge is 2.25. The molecule has 0 aliphatic carbocycles. The number of nitrogens with one attached hydrogen (secondary N) is 1. The molecule has 9 heteroatoms. The lowest BCUT2D eigenvalue weighted by molar-refractivity contribution is -0.704. The lowest BCUT2D eigenvalue weighted by atomic mass is 10.3. The summed E-state index contributed by atoms with van der Waals surface area (Å²) < 4.78 is 8.13. The Labute approximate surface area is 159 Å². The number of rotatable bonds is 5. The van der Waals surface area contributed by atoms with Gasteiger partial charge in [0.05, 0.1) is 13.3 Å². The SMILES string of the molecule is COc1cccc(NC(=O)c2c([O-])[n+](Cc3cncnc3)c3ccccn23)n1. The maximum absolute atomic E-state index is 13.0. The number of fused-ring (bicyclic) bond motifs is 1. The number of nitrogens with zero attached hydrogens (tertiary/aromatic N) is 5. The molecule has 0 aliphatic rings. The van der Waals surface area contributed by atoms with E-state index in [4.69, 9.17) is 4.74 Å². The summed E-state index contributed by atoms with van der Waals surface area (Å²) in [6.07, 6.45) is 6.35. The predicted octanol–water partition coefficient (Wildman–Crippen LogP) is 0.795. The van der Waals surface area contributed by atoms with Crippen molar-refractivity contribution < 1.29 is 19.2 Å². The van der Waals surface area contributed by atoms with Gasteiger partial charge in [-0.1, -0.05) is 12.1 Å². The van der Waals surface area contributed by atoms with Crippen LogP contribution in [0.2, 0.25) is 0 Å². The molecule has 0 aliphatic heterocycles. The Kier molecular flexibility index (Phi) is 4.55. The van der Waals surface area contributed by atoms with E-state index in [1.54, 1.807) is 59.4 Å². The Morgan fingerprint density at radius 2 is 2.04 bits per heavy atom. The van der Waals surface area contributed by atoms with Crippen LogP contribution in [-0.4, -0.2) is 32.4 Å². The molecule has 0 saturated heterocycles. The van der Waals surface area contributed by atoms with E-state index in [0.29, 0.717) is 11.5 Å². The second-order valence-electron chi connectivity index (χ2n) is 5.93. The maximum Gasteiger partial charge on any atom is 0.300 e. The molecule has 0 bridgehead atoms. The van der Waals surface area contributed by atoms with E-state index in [1.165, 1.54) is 18.0 Å². The number of carbonyl (C=O) groups is 1. The van der Waals surface area contributed by atoms with Crippen molar-refractivity contribution in [2.75, 3.05) is 12.4 Å². The van der Waals surface area contributed by atoms with Gasteiger partial charge in [-0.25, -0.2) is 14.5 Å². The molecule has 9 nitrogen and oxygen atoms in total. The fraction of sp³-hybridized carbons (Fsp3) is 0.105. The first-order valence-electron chi connectivity index (χ1n) is 8.43. The van der Waals surface area contributed by atoms with Crippen LogP contribution in [0, 0.1) is 0 Å². The smallest absolute Gasteiger partial charge is 0.300 e. The third-order valence-electron chi connectivity index (χ3n) is 4.15.